The number of nitrogens with one attached hydrogen (secondary N) is 2. The van der Waals surface area contributed by atoms with Crippen LogP contribution in [-0.4, -0.2) is 21.8 Å². The van der Waals surface area contributed by atoms with E-state index in [0.717, 1.165) is 11.1 Å². The highest BCUT2D eigenvalue weighted by molar-refractivity contribution is 5.91. The lowest BCUT2D eigenvalue weighted by atomic mass is 10.1. The first-order valence-corrected chi connectivity index (χ1v) is 9.68. The Labute approximate surface area is 175 Å². The number of aryl methyl sites for hydroxylation is 2. The molecule has 7 nitrogen and oxygen atoms in total. The molecule has 2 aromatic heterocycles. The van der Waals surface area contributed by atoms with Gasteiger partial charge in [0.05, 0.1) is 6.54 Å². The summed E-state index contributed by atoms with van der Waals surface area (Å²) >= 11 is 0. The van der Waals surface area contributed by atoms with Gasteiger partial charge in [0.25, 0.3) is 0 Å². The lowest BCUT2D eigenvalue weighted by Gasteiger charge is -2.06. The van der Waals surface area contributed by atoms with Crippen molar-refractivity contribution in [2.45, 2.75) is 32.7 Å². The quantitative estimate of drug-likeness (QED) is 0.529. The summed E-state index contributed by atoms with van der Waals surface area (Å²) in [5.41, 5.74) is 3.09. The zero-order chi connectivity index (χ0) is 21.3. The number of anilines is 1. The Balaban J connectivity index is 1.62. The molecule has 0 unspecified atom stereocenters. The summed E-state index contributed by atoms with van der Waals surface area (Å²) in [5.74, 6) is 0.872. The predicted molar refractivity (Wildman–Crippen MR) is 115 cm³/mol. The van der Waals surface area contributed by atoms with Crippen LogP contribution in [0.1, 0.15) is 29.9 Å². The van der Waals surface area contributed by atoms with Gasteiger partial charge in [0.2, 0.25) is 17.7 Å². The van der Waals surface area contributed by atoms with Gasteiger partial charge >= 0.3 is 0 Å². The molecule has 0 saturated carbocycles. The van der Waals surface area contributed by atoms with Crippen LogP contribution in [0.3, 0.4) is 0 Å². The first-order chi connectivity index (χ1) is 14.5. The van der Waals surface area contributed by atoms with Gasteiger partial charge in [-0.3, -0.25) is 14.6 Å². The SMILES string of the molecule is C=CCC(=O)NCc1nc(-c2cccc(NC(=O)CCc3cccnc3)c2)oc1C. The normalized spacial score (nSPS) is 10.4. The first-order valence-electron chi connectivity index (χ1n) is 9.68. The molecule has 0 spiro atoms. The lowest BCUT2D eigenvalue weighted by molar-refractivity contribution is -0.120. The van der Waals surface area contributed by atoms with E-state index in [1.807, 2.05) is 36.4 Å². The van der Waals surface area contributed by atoms with E-state index in [2.05, 4.69) is 27.2 Å². The number of carbonyl (C=O) groups is 2. The van der Waals surface area contributed by atoms with Crippen LogP contribution < -0.4 is 10.6 Å². The van der Waals surface area contributed by atoms with E-state index < -0.39 is 0 Å². The smallest absolute Gasteiger partial charge is 0.226 e. The molecule has 154 valence electrons. The van der Waals surface area contributed by atoms with Crippen LogP contribution in [0.25, 0.3) is 11.5 Å². The standard InChI is InChI=1S/C23H24N4O3/c1-3-6-21(28)25-15-20-16(2)30-23(27-20)18-8-4-9-19(13-18)26-22(29)11-10-17-7-5-12-24-14-17/h3-5,7-9,12-14H,1,6,10-11,15H2,2H3,(H,25,28)(H,26,29). The highest BCUT2D eigenvalue weighted by atomic mass is 16.4. The second-order valence-corrected chi connectivity index (χ2v) is 6.78. The summed E-state index contributed by atoms with van der Waals surface area (Å²) in [7, 11) is 0. The van der Waals surface area contributed by atoms with Gasteiger partial charge in [0, 0.05) is 36.5 Å². The molecule has 1 aromatic carbocycles. The lowest BCUT2D eigenvalue weighted by Crippen LogP contribution is -2.22. The van der Waals surface area contributed by atoms with Crippen LogP contribution in [0.2, 0.25) is 0 Å². The molecular formula is C23H24N4O3. The summed E-state index contributed by atoms with van der Waals surface area (Å²) in [4.78, 5) is 32.4. The maximum absolute atomic E-state index is 12.3. The third kappa shape index (κ3) is 5.88. The fourth-order valence-electron chi connectivity index (χ4n) is 2.86. The molecule has 0 atom stereocenters. The van der Waals surface area contributed by atoms with Crippen molar-refractivity contribution in [3.8, 4) is 11.5 Å². The molecule has 0 aliphatic heterocycles. The van der Waals surface area contributed by atoms with Crippen LogP contribution in [0, 0.1) is 6.92 Å². The van der Waals surface area contributed by atoms with Gasteiger partial charge in [-0.15, -0.1) is 6.58 Å². The number of pyridine rings is 1. The van der Waals surface area contributed by atoms with Crippen LogP contribution in [0.4, 0.5) is 5.69 Å². The van der Waals surface area contributed by atoms with Crippen molar-refractivity contribution in [2.24, 2.45) is 0 Å². The molecule has 2 amide bonds. The minimum absolute atomic E-state index is 0.0785. The van der Waals surface area contributed by atoms with Crippen LogP contribution in [0.15, 0.2) is 65.9 Å². The predicted octanol–water partition coefficient (Wildman–Crippen LogP) is 3.81. The van der Waals surface area contributed by atoms with Crippen LogP contribution in [-0.2, 0) is 22.6 Å². The Morgan fingerprint density at radius 3 is 2.83 bits per heavy atom. The van der Waals surface area contributed by atoms with Gasteiger partial charge in [-0.25, -0.2) is 4.98 Å². The van der Waals surface area contributed by atoms with E-state index in [-0.39, 0.29) is 24.8 Å². The highest BCUT2D eigenvalue weighted by Crippen LogP contribution is 2.24. The maximum atomic E-state index is 12.3. The number of nitrogens with zero attached hydrogens (tertiary/aromatic N) is 2. The maximum Gasteiger partial charge on any atom is 0.226 e. The fourth-order valence-corrected chi connectivity index (χ4v) is 2.86. The largest absolute Gasteiger partial charge is 0.441 e. The second-order valence-electron chi connectivity index (χ2n) is 6.78. The summed E-state index contributed by atoms with van der Waals surface area (Å²) in [6.45, 7) is 5.63. The summed E-state index contributed by atoms with van der Waals surface area (Å²) < 4.78 is 5.76. The number of oxazole rings is 1. The third-order valence-corrected chi connectivity index (χ3v) is 4.43. The molecule has 0 aliphatic carbocycles. The molecular weight excluding hydrogens is 380 g/mol. The molecule has 0 bridgehead atoms. The molecule has 7 heteroatoms. The Bertz CT molecular complexity index is 1030. The zero-order valence-electron chi connectivity index (χ0n) is 16.9. The van der Waals surface area contributed by atoms with Gasteiger partial charge in [-0.1, -0.05) is 18.2 Å². The van der Waals surface area contributed by atoms with Crippen molar-refractivity contribution in [1.82, 2.24) is 15.3 Å². The number of benzene rings is 1. The minimum Gasteiger partial charge on any atom is -0.441 e. The van der Waals surface area contributed by atoms with Crippen molar-refractivity contribution in [2.75, 3.05) is 5.32 Å². The minimum atomic E-state index is -0.120. The molecule has 0 fully saturated rings. The van der Waals surface area contributed by atoms with E-state index in [9.17, 15) is 9.59 Å². The molecule has 0 saturated heterocycles. The Hall–Kier alpha value is -3.74. The summed E-state index contributed by atoms with van der Waals surface area (Å²) in [6.07, 6.45) is 6.26. The monoisotopic (exact) mass is 404 g/mol. The van der Waals surface area contributed by atoms with Gasteiger partial charge in [-0.05, 0) is 43.2 Å². The van der Waals surface area contributed by atoms with E-state index in [1.165, 1.54) is 0 Å². The first kappa shape index (κ1) is 21.0. The van der Waals surface area contributed by atoms with E-state index in [1.54, 1.807) is 25.4 Å². The molecule has 2 N–H and O–H groups in total. The molecule has 3 rings (SSSR count). The number of aromatic nitrogens is 2. The topological polar surface area (TPSA) is 97.1 Å². The molecule has 30 heavy (non-hydrogen) atoms. The number of amides is 2. The average molecular weight is 404 g/mol. The Morgan fingerprint density at radius 2 is 2.07 bits per heavy atom. The van der Waals surface area contributed by atoms with Crippen molar-refractivity contribution >= 4 is 17.5 Å². The number of hydrogen-bond acceptors (Lipinski definition) is 5. The van der Waals surface area contributed by atoms with Gasteiger partial charge in [0.1, 0.15) is 11.5 Å². The number of rotatable bonds is 9. The van der Waals surface area contributed by atoms with Crippen molar-refractivity contribution < 1.29 is 14.0 Å². The Morgan fingerprint density at radius 1 is 1.20 bits per heavy atom. The van der Waals surface area contributed by atoms with E-state index >= 15 is 0 Å². The zero-order valence-corrected chi connectivity index (χ0v) is 16.9. The van der Waals surface area contributed by atoms with Crippen molar-refractivity contribution in [3.05, 3.63) is 78.5 Å². The number of carbonyl (C=O) groups excluding carboxylic acids is 2. The van der Waals surface area contributed by atoms with Gasteiger partial charge < -0.3 is 15.1 Å². The van der Waals surface area contributed by atoms with Gasteiger partial charge in [-0.2, -0.15) is 0 Å². The molecule has 0 radical (unpaired) electrons. The average Bonchev–Trinajstić information content (AvgIpc) is 3.13. The van der Waals surface area contributed by atoms with E-state index in [4.69, 9.17) is 4.42 Å². The van der Waals surface area contributed by atoms with Crippen LogP contribution in [0.5, 0.6) is 0 Å². The Kier molecular flexibility index (Phi) is 7.10. The molecule has 0 aliphatic rings. The molecule has 3 aromatic rings. The second kappa shape index (κ2) is 10.2. The summed E-state index contributed by atoms with van der Waals surface area (Å²) in [5, 5.41) is 5.68. The fraction of sp³-hybridized carbons (Fsp3) is 0.217. The third-order valence-electron chi connectivity index (χ3n) is 4.43. The molecule has 2 heterocycles. The summed E-state index contributed by atoms with van der Waals surface area (Å²) in [6, 6.07) is 11.1. The van der Waals surface area contributed by atoms with Gasteiger partial charge in [0.15, 0.2) is 0 Å². The number of hydrogen-bond donors (Lipinski definition) is 2. The van der Waals surface area contributed by atoms with E-state index in [0.29, 0.717) is 35.9 Å². The van der Waals surface area contributed by atoms with Crippen LogP contribution >= 0.6 is 0 Å². The van der Waals surface area contributed by atoms with Crippen molar-refractivity contribution in [3.63, 3.8) is 0 Å². The highest BCUT2D eigenvalue weighted by Gasteiger charge is 2.13. The van der Waals surface area contributed by atoms with Crippen molar-refractivity contribution in [1.29, 1.82) is 0 Å².